The average Bonchev–Trinajstić information content (AvgIpc) is 2.91. The number of benzene rings is 1. The summed E-state index contributed by atoms with van der Waals surface area (Å²) in [6, 6.07) is 9.87. The largest absolute Gasteiger partial charge is 0.334 e. The Morgan fingerprint density at radius 2 is 1.89 bits per heavy atom. The molecular weight excluding hydrogens is 366 g/mol. The van der Waals surface area contributed by atoms with Crippen LogP contribution >= 0.6 is 0 Å². The van der Waals surface area contributed by atoms with E-state index in [-0.39, 0.29) is 6.03 Å². The van der Waals surface area contributed by atoms with Crippen LogP contribution in [0.3, 0.4) is 0 Å². The average molecular weight is 391 g/mol. The molecule has 1 aliphatic rings. The summed E-state index contributed by atoms with van der Waals surface area (Å²) in [4.78, 5) is 14.1. The van der Waals surface area contributed by atoms with Crippen LogP contribution in [0.15, 0.2) is 42.7 Å². The summed E-state index contributed by atoms with van der Waals surface area (Å²) >= 11 is 0. The number of hydrogen-bond acceptors (Lipinski definition) is 4. The molecule has 146 valence electrons. The van der Waals surface area contributed by atoms with E-state index in [4.69, 9.17) is 0 Å². The molecule has 0 atom stereocenters. The first-order chi connectivity index (χ1) is 12.9. The second-order valence-corrected chi connectivity index (χ2v) is 8.68. The fourth-order valence-corrected chi connectivity index (χ4v) is 3.95. The van der Waals surface area contributed by atoms with E-state index >= 15 is 0 Å². The van der Waals surface area contributed by atoms with Crippen LogP contribution in [-0.4, -0.2) is 65.9 Å². The molecule has 1 N–H and O–H groups in total. The molecule has 0 radical (unpaired) electrons. The summed E-state index contributed by atoms with van der Waals surface area (Å²) < 4.78 is 26.6. The Morgan fingerprint density at radius 3 is 2.63 bits per heavy atom. The summed E-state index contributed by atoms with van der Waals surface area (Å²) in [6.45, 7) is 2.80. The van der Waals surface area contributed by atoms with Crippen LogP contribution in [0.5, 0.6) is 0 Å². The highest BCUT2D eigenvalue weighted by molar-refractivity contribution is 7.88. The maximum atomic E-state index is 12.4. The number of nitrogens with zero attached hydrogens (tertiary/aromatic N) is 4. The van der Waals surface area contributed by atoms with Gasteiger partial charge in [0, 0.05) is 44.5 Å². The summed E-state index contributed by atoms with van der Waals surface area (Å²) in [5, 5.41) is 7.23. The number of carbonyl (C=O) groups excluding carboxylic acids is 1. The van der Waals surface area contributed by atoms with Crippen molar-refractivity contribution in [3.05, 3.63) is 53.9 Å². The monoisotopic (exact) mass is 391 g/mol. The van der Waals surface area contributed by atoms with Gasteiger partial charge in [-0.05, 0) is 12.0 Å². The first-order valence-corrected chi connectivity index (χ1v) is 10.8. The van der Waals surface area contributed by atoms with Gasteiger partial charge in [0.2, 0.25) is 10.0 Å². The normalized spacial score (nSPS) is 16.1. The first kappa shape index (κ1) is 19.4. The van der Waals surface area contributed by atoms with Crippen molar-refractivity contribution in [1.29, 1.82) is 0 Å². The second kappa shape index (κ2) is 8.53. The topological polar surface area (TPSA) is 87.5 Å². The van der Waals surface area contributed by atoms with Crippen molar-refractivity contribution in [2.24, 2.45) is 0 Å². The molecule has 1 fully saturated rings. The highest BCUT2D eigenvalue weighted by Crippen LogP contribution is 2.08. The number of rotatable bonds is 5. The van der Waals surface area contributed by atoms with Gasteiger partial charge in [-0.2, -0.15) is 5.10 Å². The van der Waals surface area contributed by atoms with Crippen molar-refractivity contribution < 1.29 is 13.2 Å². The van der Waals surface area contributed by atoms with E-state index in [9.17, 15) is 13.2 Å². The van der Waals surface area contributed by atoms with Gasteiger partial charge < -0.3 is 10.2 Å². The molecule has 2 aromatic rings. The minimum Gasteiger partial charge on any atom is -0.334 e. The molecule has 27 heavy (non-hydrogen) atoms. The standard InChI is InChI=1S/C18H25N5O3S/c1-27(25,26)23-9-5-8-21(10-11-23)18(24)19-12-17-13-20-22(15-17)14-16-6-3-2-4-7-16/h2-4,6-7,13,15H,5,8-12,14H2,1H3,(H,19,24). The van der Waals surface area contributed by atoms with E-state index in [2.05, 4.69) is 10.4 Å². The van der Waals surface area contributed by atoms with Crippen LogP contribution in [-0.2, 0) is 23.1 Å². The van der Waals surface area contributed by atoms with E-state index < -0.39 is 10.0 Å². The lowest BCUT2D eigenvalue weighted by atomic mass is 10.2. The fraction of sp³-hybridized carbons (Fsp3) is 0.444. The number of urea groups is 1. The fourth-order valence-electron chi connectivity index (χ4n) is 3.07. The number of carbonyl (C=O) groups is 1. The number of nitrogens with one attached hydrogen (secondary N) is 1. The van der Waals surface area contributed by atoms with Crippen LogP contribution < -0.4 is 5.32 Å². The Balaban J connectivity index is 1.49. The molecule has 0 bridgehead atoms. The smallest absolute Gasteiger partial charge is 0.317 e. The maximum absolute atomic E-state index is 12.4. The predicted molar refractivity (Wildman–Crippen MR) is 103 cm³/mol. The minimum absolute atomic E-state index is 0.179. The van der Waals surface area contributed by atoms with Crippen molar-refractivity contribution in [1.82, 2.24) is 24.3 Å². The van der Waals surface area contributed by atoms with E-state index in [0.717, 1.165) is 11.1 Å². The number of sulfonamides is 1. The van der Waals surface area contributed by atoms with E-state index in [1.54, 1.807) is 11.1 Å². The Labute approximate surface area is 159 Å². The zero-order valence-electron chi connectivity index (χ0n) is 15.4. The molecule has 0 spiro atoms. The lowest BCUT2D eigenvalue weighted by molar-refractivity contribution is 0.200. The van der Waals surface area contributed by atoms with Gasteiger partial charge in [-0.15, -0.1) is 0 Å². The Kier molecular flexibility index (Phi) is 6.12. The van der Waals surface area contributed by atoms with Crippen LogP contribution in [0.4, 0.5) is 4.79 Å². The van der Waals surface area contributed by atoms with Crippen LogP contribution in [0, 0.1) is 0 Å². The van der Waals surface area contributed by atoms with E-state index in [1.807, 2.05) is 41.2 Å². The molecule has 1 aliphatic heterocycles. The van der Waals surface area contributed by atoms with Crippen molar-refractivity contribution in [2.45, 2.75) is 19.5 Å². The number of hydrogen-bond donors (Lipinski definition) is 1. The second-order valence-electron chi connectivity index (χ2n) is 6.69. The van der Waals surface area contributed by atoms with Crippen molar-refractivity contribution in [3.8, 4) is 0 Å². The minimum atomic E-state index is -3.21. The molecule has 1 aromatic heterocycles. The van der Waals surface area contributed by atoms with Gasteiger partial charge in [0.15, 0.2) is 0 Å². The van der Waals surface area contributed by atoms with Gasteiger partial charge in [0.05, 0.1) is 19.0 Å². The van der Waals surface area contributed by atoms with Crippen molar-refractivity contribution >= 4 is 16.1 Å². The summed E-state index contributed by atoms with van der Waals surface area (Å²) in [5.74, 6) is 0. The van der Waals surface area contributed by atoms with Gasteiger partial charge in [0.1, 0.15) is 0 Å². The van der Waals surface area contributed by atoms with Gasteiger partial charge >= 0.3 is 6.03 Å². The zero-order chi connectivity index (χ0) is 19.3. The van der Waals surface area contributed by atoms with Gasteiger partial charge in [0.25, 0.3) is 0 Å². The molecule has 0 saturated carbocycles. The highest BCUT2D eigenvalue weighted by atomic mass is 32.2. The summed E-state index contributed by atoms with van der Waals surface area (Å²) in [6.07, 6.45) is 5.50. The quantitative estimate of drug-likeness (QED) is 0.827. The van der Waals surface area contributed by atoms with Crippen molar-refractivity contribution in [2.75, 3.05) is 32.4 Å². The maximum Gasteiger partial charge on any atom is 0.317 e. The molecule has 3 rings (SSSR count). The molecule has 1 saturated heterocycles. The van der Waals surface area contributed by atoms with Gasteiger partial charge in [-0.3, -0.25) is 4.68 Å². The van der Waals surface area contributed by atoms with Crippen LogP contribution in [0.1, 0.15) is 17.5 Å². The molecule has 9 heteroatoms. The molecular formula is C18H25N5O3S. The lowest BCUT2D eigenvalue weighted by Gasteiger charge is -2.21. The Bertz CT molecular complexity index is 866. The SMILES string of the molecule is CS(=O)(=O)N1CCCN(C(=O)NCc2cnn(Cc3ccccc3)c2)CC1. The zero-order valence-corrected chi connectivity index (χ0v) is 16.2. The third-order valence-electron chi connectivity index (χ3n) is 4.53. The van der Waals surface area contributed by atoms with Crippen molar-refractivity contribution in [3.63, 3.8) is 0 Å². The molecule has 2 amide bonds. The Hall–Kier alpha value is -2.39. The molecule has 0 unspecified atom stereocenters. The molecule has 8 nitrogen and oxygen atoms in total. The summed E-state index contributed by atoms with van der Waals surface area (Å²) in [5.41, 5.74) is 2.09. The third-order valence-corrected chi connectivity index (χ3v) is 5.83. The highest BCUT2D eigenvalue weighted by Gasteiger charge is 2.23. The van der Waals surface area contributed by atoms with E-state index in [1.165, 1.54) is 10.6 Å². The lowest BCUT2D eigenvalue weighted by Crippen LogP contribution is -2.42. The van der Waals surface area contributed by atoms with Gasteiger partial charge in [-0.1, -0.05) is 30.3 Å². The van der Waals surface area contributed by atoms with E-state index in [0.29, 0.717) is 45.7 Å². The van der Waals surface area contributed by atoms with Crippen LogP contribution in [0.2, 0.25) is 0 Å². The van der Waals surface area contributed by atoms with Crippen LogP contribution in [0.25, 0.3) is 0 Å². The third kappa shape index (κ3) is 5.54. The number of aromatic nitrogens is 2. The number of amides is 2. The molecule has 2 heterocycles. The predicted octanol–water partition coefficient (Wildman–Crippen LogP) is 1.11. The van der Waals surface area contributed by atoms with Gasteiger partial charge in [-0.25, -0.2) is 17.5 Å². The summed E-state index contributed by atoms with van der Waals surface area (Å²) in [7, 11) is -3.21. The molecule has 1 aromatic carbocycles. The Morgan fingerprint density at radius 1 is 1.11 bits per heavy atom. The first-order valence-electron chi connectivity index (χ1n) is 8.95. The molecule has 0 aliphatic carbocycles.